The summed E-state index contributed by atoms with van der Waals surface area (Å²) in [7, 11) is -3.73. The standard InChI is InChI=1S/C21H15F3N4O3S/c1-25-17-10-14(21(22,23)24)2-4-18(17)28-8-9-31-20-11-16(3-5-19(20)28)32(29,30)12-15-6-7-26-13-27-15/h2-7,10-11,13H,8-9,12H2. The molecule has 0 unspecified atom stereocenters. The molecule has 0 amide bonds. The first-order chi connectivity index (χ1) is 15.2. The van der Waals surface area contributed by atoms with Crippen LogP contribution in [0.3, 0.4) is 0 Å². The highest BCUT2D eigenvalue weighted by Crippen LogP contribution is 2.43. The summed E-state index contributed by atoms with van der Waals surface area (Å²) in [6.07, 6.45) is -1.85. The Balaban J connectivity index is 1.70. The van der Waals surface area contributed by atoms with Gasteiger partial charge in [-0.2, -0.15) is 13.2 Å². The predicted molar refractivity (Wildman–Crippen MR) is 110 cm³/mol. The molecule has 0 saturated heterocycles. The summed E-state index contributed by atoms with van der Waals surface area (Å²) in [4.78, 5) is 12.6. The molecule has 0 aliphatic carbocycles. The number of hydrogen-bond donors (Lipinski definition) is 0. The van der Waals surface area contributed by atoms with Gasteiger partial charge in [0.05, 0.1) is 35.1 Å². The molecular formula is C21H15F3N4O3S. The minimum absolute atomic E-state index is 0.0227. The van der Waals surface area contributed by atoms with Crippen LogP contribution < -0.4 is 9.64 Å². The fraction of sp³-hybridized carbons (Fsp3) is 0.190. The largest absolute Gasteiger partial charge is 0.489 e. The van der Waals surface area contributed by atoms with Gasteiger partial charge in [-0.25, -0.2) is 23.2 Å². The van der Waals surface area contributed by atoms with E-state index in [-0.39, 0.29) is 40.9 Å². The number of rotatable bonds is 4. The lowest BCUT2D eigenvalue weighted by Crippen LogP contribution is -2.28. The highest BCUT2D eigenvalue weighted by atomic mass is 32.2. The zero-order chi connectivity index (χ0) is 22.9. The maximum absolute atomic E-state index is 13.0. The molecule has 32 heavy (non-hydrogen) atoms. The lowest BCUT2D eigenvalue weighted by Gasteiger charge is -2.32. The van der Waals surface area contributed by atoms with Crippen molar-refractivity contribution >= 4 is 26.9 Å². The fourth-order valence-corrected chi connectivity index (χ4v) is 4.63. The number of ether oxygens (including phenoxy) is 1. The van der Waals surface area contributed by atoms with Crippen molar-refractivity contribution in [1.82, 2.24) is 9.97 Å². The van der Waals surface area contributed by atoms with E-state index >= 15 is 0 Å². The van der Waals surface area contributed by atoms with E-state index in [2.05, 4.69) is 14.8 Å². The molecule has 164 valence electrons. The van der Waals surface area contributed by atoms with E-state index in [4.69, 9.17) is 11.3 Å². The van der Waals surface area contributed by atoms with E-state index in [9.17, 15) is 21.6 Å². The smallest absolute Gasteiger partial charge is 0.415 e. The predicted octanol–water partition coefficient (Wildman–Crippen LogP) is 4.55. The second-order valence-electron chi connectivity index (χ2n) is 6.90. The molecule has 0 saturated carbocycles. The van der Waals surface area contributed by atoms with Crippen molar-refractivity contribution in [2.45, 2.75) is 16.8 Å². The normalized spacial score (nSPS) is 13.8. The minimum Gasteiger partial charge on any atom is -0.489 e. The number of halogens is 3. The minimum atomic E-state index is -4.56. The quantitative estimate of drug-likeness (QED) is 0.532. The van der Waals surface area contributed by atoms with Crippen LogP contribution in [0.5, 0.6) is 5.75 Å². The Hall–Kier alpha value is -3.65. The van der Waals surface area contributed by atoms with Crippen molar-refractivity contribution < 1.29 is 26.3 Å². The Morgan fingerprint density at radius 1 is 1.12 bits per heavy atom. The molecule has 7 nitrogen and oxygen atoms in total. The van der Waals surface area contributed by atoms with Crippen LogP contribution in [0.2, 0.25) is 0 Å². The van der Waals surface area contributed by atoms with Crippen LogP contribution in [-0.2, 0) is 21.8 Å². The molecule has 0 spiro atoms. The van der Waals surface area contributed by atoms with E-state index in [1.807, 2.05) is 0 Å². The Labute approximate surface area is 181 Å². The first kappa shape index (κ1) is 21.6. The van der Waals surface area contributed by atoms with Gasteiger partial charge in [-0.1, -0.05) is 6.07 Å². The summed E-state index contributed by atoms with van der Waals surface area (Å²) < 4.78 is 70.3. The molecule has 1 aliphatic rings. The molecule has 1 aliphatic heterocycles. The molecule has 0 bridgehead atoms. The number of alkyl halides is 3. The summed E-state index contributed by atoms with van der Waals surface area (Å²) >= 11 is 0. The maximum Gasteiger partial charge on any atom is 0.415 e. The number of fused-ring (bicyclic) bond motifs is 1. The van der Waals surface area contributed by atoms with Crippen molar-refractivity contribution in [3.05, 3.63) is 77.7 Å². The number of benzene rings is 2. The van der Waals surface area contributed by atoms with Crippen molar-refractivity contribution in [2.24, 2.45) is 0 Å². The number of nitrogens with zero attached hydrogens (tertiary/aromatic N) is 4. The summed E-state index contributed by atoms with van der Waals surface area (Å²) in [5.41, 5.74) is 0.0165. The second kappa shape index (κ2) is 8.12. The molecule has 3 aromatic rings. The highest BCUT2D eigenvalue weighted by molar-refractivity contribution is 7.90. The number of anilines is 2. The van der Waals surface area contributed by atoms with E-state index in [1.54, 1.807) is 4.90 Å². The zero-order valence-corrected chi connectivity index (χ0v) is 17.2. The topological polar surface area (TPSA) is 76.8 Å². The summed E-state index contributed by atoms with van der Waals surface area (Å²) in [6, 6.07) is 8.76. The molecular weight excluding hydrogens is 445 g/mol. The van der Waals surface area contributed by atoms with Crippen molar-refractivity contribution in [3.63, 3.8) is 0 Å². The van der Waals surface area contributed by atoms with E-state index in [0.717, 1.165) is 12.1 Å². The fourth-order valence-electron chi connectivity index (χ4n) is 3.34. The van der Waals surface area contributed by atoms with Crippen LogP contribution in [0.4, 0.5) is 30.2 Å². The Bertz CT molecular complexity index is 1310. The van der Waals surface area contributed by atoms with Crippen LogP contribution in [-0.4, -0.2) is 31.5 Å². The third-order valence-electron chi connectivity index (χ3n) is 4.85. The van der Waals surface area contributed by atoms with Gasteiger partial charge < -0.3 is 9.64 Å². The van der Waals surface area contributed by atoms with Crippen LogP contribution in [0, 0.1) is 6.57 Å². The van der Waals surface area contributed by atoms with Gasteiger partial charge in [-0.05, 0) is 30.3 Å². The summed E-state index contributed by atoms with van der Waals surface area (Å²) in [5.74, 6) is -0.0606. The summed E-state index contributed by atoms with van der Waals surface area (Å²) in [6.45, 7) is 7.77. The Morgan fingerprint density at radius 2 is 1.91 bits per heavy atom. The molecule has 1 aromatic heterocycles. The van der Waals surface area contributed by atoms with Gasteiger partial charge in [-0.15, -0.1) is 0 Å². The SMILES string of the molecule is [C-]#[N+]c1cc(C(F)(F)F)ccc1N1CCOc2cc(S(=O)(=O)Cc3ccncn3)ccc21. The molecule has 11 heteroatoms. The molecule has 2 heterocycles. The van der Waals surface area contributed by atoms with Gasteiger partial charge in [0.25, 0.3) is 0 Å². The van der Waals surface area contributed by atoms with E-state index in [0.29, 0.717) is 11.4 Å². The summed E-state index contributed by atoms with van der Waals surface area (Å²) in [5, 5.41) is 0. The van der Waals surface area contributed by atoms with Crippen molar-refractivity contribution in [1.29, 1.82) is 0 Å². The third-order valence-corrected chi connectivity index (χ3v) is 6.50. The average Bonchev–Trinajstić information content (AvgIpc) is 2.77. The van der Waals surface area contributed by atoms with E-state index in [1.165, 1.54) is 42.9 Å². The maximum atomic E-state index is 13.0. The molecule has 2 aromatic carbocycles. The lowest BCUT2D eigenvalue weighted by molar-refractivity contribution is -0.137. The van der Waals surface area contributed by atoms with Crippen LogP contribution in [0.15, 0.2) is 59.9 Å². The van der Waals surface area contributed by atoms with Gasteiger partial charge in [0, 0.05) is 23.5 Å². The second-order valence-corrected chi connectivity index (χ2v) is 8.89. The molecule has 0 N–H and O–H groups in total. The van der Waals surface area contributed by atoms with Crippen molar-refractivity contribution in [2.75, 3.05) is 18.1 Å². The zero-order valence-electron chi connectivity index (χ0n) is 16.4. The van der Waals surface area contributed by atoms with Gasteiger partial charge in [0.2, 0.25) is 5.69 Å². The first-order valence-corrected chi connectivity index (χ1v) is 10.9. The van der Waals surface area contributed by atoms with Crippen LogP contribution in [0.25, 0.3) is 4.85 Å². The van der Waals surface area contributed by atoms with Crippen LogP contribution in [0.1, 0.15) is 11.3 Å². The van der Waals surface area contributed by atoms with Crippen molar-refractivity contribution in [3.8, 4) is 5.75 Å². The molecule has 4 rings (SSSR count). The van der Waals surface area contributed by atoms with Gasteiger partial charge in [-0.3, -0.25) is 0 Å². The number of hydrogen-bond acceptors (Lipinski definition) is 6. The van der Waals surface area contributed by atoms with Crippen LogP contribution >= 0.6 is 0 Å². The molecule has 0 fully saturated rings. The monoisotopic (exact) mass is 460 g/mol. The average molecular weight is 460 g/mol. The molecule has 0 radical (unpaired) electrons. The Morgan fingerprint density at radius 3 is 2.59 bits per heavy atom. The van der Waals surface area contributed by atoms with Gasteiger partial charge in [0.15, 0.2) is 9.84 Å². The molecule has 0 atom stereocenters. The lowest BCUT2D eigenvalue weighted by atomic mass is 10.1. The number of aromatic nitrogens is 2. The van der Waals surface area contributed by atoms with Gasteiger partial charge >= 0.3 is 6.18 Å². The highest BCUT2D eigenvalue weighted by Gasteiger charge is 2.32. The first-order valence-electron chi connectivity index (χ1n) is 9.30. The third kappa shape index (κ3) is 4.22. The van der Waals surface area contributed by atoms with Gasteiger partial charge in [0.1, 0.15) is 18.7 Å². The Kier molecular flexibility index (Phi) is 5.48. The number of sulfone groups is 1. The van der Waals surface area contributed by atoms with E-state index < -0.39 is 21.6 Å².